The van der Waals surface area contributed by atoms with Crippen LogP contribution in [-0.2, 0) is 11.3 Å². The van der Waals surface area contributed by atoms with Gasteiger partial charge in [0.25, 0.3) is 5.91 Å². The summed E-state index contributed by atoms with van der Waals surface area (Å²) in [6.45, 7) is 0.236. The fraction of sp³-hybridized carbons (Fsp3) is 0.0909. The number of carbonyl (C=O) groups excluding carboxylic acids is 2. The van der Waals surface area contributed by atoms with Gasteiger partial charge in [-0.25, -0.2) is 9.78 Å². The summed E-state index contributed by atoms with van der Waals surface area (Å²) < 4.78 is 5.71. The molecule has 0 fully saturated rings. The van der Waals surface area contributed by atoms with Crippen LogP contribution in [0.2, 0.25) is 5.02 Å². The molecule has 4 rings (SSSR count). The Balaban J connectivity index is 1.82. The molecule has 150 valence electrons. The molecule has 2 aromatic heterocycles. The van der Waals surface area contributed by atoms with Gasteiger partial charge in [-0.2, -0.15) is 0 Å². The molecular formula is C22H16ClN3O3S. The topological polar surface area (TPSA) is 72.4 Å². The van der Waals surface area contributed by atoms with E-state index in [4.69, 9.17) is 16.3 Å². The van der Waals surface area contributed by atoms with Crippen LogP contribution in [-0.4, -0.2) is 29.0 Å². The fourth-order valence-corrected chi connectivity index (χ4v) is 4.29. The third-order valence-electron chi connectivity index (χ3n) is 4.46. The number of esters is 1. The Morgan fingerprint density at radius 2 is 1.87 bits per heavy atom. The van der Waals surface area contributed by atoms with E-state index in [1.165, 1.54) is 23.3 Å². The zero-order chi connectivity index (χ0) is 21.1. The lowest BCUT2D eigenvalue weighted by molar-refractivity contribution is 0.0597. The smallest absolute Gasteiger partial charge is 0.338 e. The van der Waals surface area contributed by atoms with Crippen molar-refractivity contribution in [2.24, 2.45) is 0 Å². The molecule has 6 nitrogen and oxygen atoms in total. The summed E-state index contributed by atoms with van der Waals surface area (Å²) in [4.78, 5) is 36.1. The van der Waals surface area contributed by atoms with Crippen molar-refractivity contribution in [2.75, 3.05) is 12.0 Å². The number of pyridine rings is 1. The number of para-hydroxylation sites is 1. The van der Waals surface area contributed by atoms with Gasteiger partial charge in [0.15, 0.2) is 5.13 Å². The Hall–Kier alpha value is -3.29. The highest BCUT2D eigenvalue weighted by Gasteiger charge is 2.26. The number of hydrogen-bond acceptors (Lipinski definition) is 6. The maximum Gasteiger partial charge on any atom is 0.338 e. The molecule has 8 heteroatoms. The van der Waals surface area contributed by atoms with Crippen LogP contribution in [0.5, 0.6) is 0 Å². The van der Waals surface area contributed by atoms with Crippen molar-refractivity contribution in [1.82, 2.24) is 9.97 Å². The summed E-state index contributed by atoms with van der Waals surface area (Å²) in [7, 11) is 1.28. The van der Waals surface area contributed by atoms with Crippen molar-refractivity contribution in [3.63, 3.8) is 0 Å². The van der Waals surface area contributed by atoms with E-state index in [-0.39, 0.29) is 23.6 Å². The Morgan fingerprint density at radius 1 is 1.07 bits per heavy atom. The number of rotatable bonds is 5. The first kappa shape index (κ1) is 20.0. The normalized spacial score (nSPS) is 10.7. The second kappa shape index (κ2) is 8.61. The van der Waals surface area contributed by atoms with Crippen molar-refractivity contribution in [2.45, 2.75) is 6.54 Å². The summed E-state index contributed by atoms with van der Waals surface area (Å²) in [5.41, 5.74) is 1.88. The maximum atomic E-state index is 13.6. The molecular weight excluding hydrogens is 422 g/mol. The van der Waals surface area contributed by atoms with Gasteiger partial charge in [0, 0.05) is 12.4 Å². The average molecular weight is 438 g/mol. The predicted molar refractivity (Wildman–Crippen MR) is 117 cm³/mol. The highest BCUT2D eigenvalue weighted by molar-refractivity contribution is 7.22. The molecule has 0 N–H and O–H groups in total. The van der Waals surface area contributed by atoms with Gasteiger partial charge in [-0.3, -0.25) is 14.7 Å². The van der Waals surface area contributed by atoms with Gasteiger partial charge >= 0.3 is 5.97 Å². The molecule has 0 aliphatic heterocycles. The Labute approximate surface area is 181 Å². The Morgan fingerprint density at radius 3 is 2.57 bits per heavy atom. The Bertz CT molecular complexity index is 1230. The number of benzene rings is 2. The fourth-order valence-electron chi connectivity index (χ4n) is 3.02. The molecule has 0 saturated carbocycles. The lowest BCUT2D eigenvalue weighted by Gasteiger charge is -2.21. The van der Waals surface area contributed by atoms with Gasteiger partial charge in [0.1, 0.15) is 5.52 Å². The molecule has 0 bridgehead atoms. The molecule has 1 amide bonds. The van der Waals surface area contributed by atoms with Crippen LogP contribution in [0.3, 0.4) is 0 Å². The molecule has 2 heterocycles. The number of methoxy groups -OCH3 is 1. The molecule has 0 saturated heterocycles. The minimum absolute atomic E-state index is 0.195. The summed E-state index contributed by atoms with van der Waals surface area (Å²) in [5.74, 6) is -0.942. The number of halogens is 1. The van der Waals surface area contributed by atoms with E-state index in [1.807, 2.05) is 18.2 Å². The molecule has 0 spiro atoms. The zero-order valence-corrected chi connectivity index (χ0v) is 17.5. The lowest BCUT2D eigenvalue weighted by Crippen LogP contribution is -2.31. The van der Waals surface area contributed by atoms with Gasteiger partial charge in [-0.1, -0.05) is 47.2 Å². The molecule has 2 aromatic carbocycles. The van der Waals surface area contributed by atoms with E-state index in [2.05, 4.69) is 9.97 Å². The van der Waals surface area contributed by atoms with E-state index >= 15 is 0 Å². The van der Waals surface area contributed by atoms with Crippen LogP contribution in [0.4, 0.5) is 5.13 Å². The number of anilines is 1. The predicted octanol–water partition coefficient (Wildman–Crippen LogP) is 4.98. The largest absolute Gasteiger partial charge is 0.465 e. The molecule has 30 heavy (non-hydrogen) atoms. The molecule has 0 radical (unpaired) electrons. The van der Waals surface area contributed by atoms with Crippen LogP contribution in [0.25, 0.3) is 10.2 Å². The summed E-state index contributed by atoms with van der Waals surface area (Å²) in [6, 6.07) is 15.7. The average Bonchev–Trinajstić information content (AvgIpc) is 3.22. The maximum absolute atomic E-state index is 13.6. The first-order valence-corrected chi connectivity index (χ1v) is 10.2. The highest BCUT2D eigenvalue weighted by atomic mass is 35.5. The SMILES string of the molecule is COC(=O)c1ccccc1C(=O)N(Cc1cccnc1)c1nc2c(Cl)cccc2s1. The standard InChI is InChI=1S/C22H16ClN3O3S/c1-29-21(28)16-8-3-2-7-15(16)20(27)26(13-14-6-5-11-24-12-14)22-25-19-17(23)9-4-10-18(19)30-22/h2-12H,13H2,1H3. The molecule has 4 aromatic rings. The van der Waals surface area contributed by atoms with Crippen molar-refractivity contribution in [3.8, 4) is 0 Å². The number of nitrogens with zero attached hydrogens (tertiary/aromatic N) is 3. The second-order valence-corrected chi connectivity index (χ2v) is 7.79. The van der Waals surface area contributed by atoms with Crippen molar-refractivity contribution < 1.29 is 14.3 Å². The van der Waals surface area contributed by atoms with Crippen molar-refractivity contribution in [3.05, 3.63) is 88.7 Å². The van der Waals surface area contributed by atoms with E-state index in [0.717, 1.165) is 10.3 Å². The quantitative estimate of drug-likeness (QED) is 0.412. The minimum Gasteiger partial charge on any atom is -0.465 e. The van der Waals surface area contributed by atoms with E-state index in [9.17, 15) is 9.59 Å². The van der Waals surface area contributed by atoms with E-state index < -0.39 is 5.97 Å². The van der Waals surface area contributed by atoms with Gasteiger partial charge in [-0.05, 0) is 35.9 Å². The number of carbonyl (C=O) groups is 2. The minimum atomic E-state index is -0.576. The highest BCUT2D eigenvalue weighted by Crippen LogP contribution is 2.34. The number of fused-ring (bicyclic) bond motifs is 1. The summed E-state index contributed by atoms with van der Waals surface area (Å²) in [6.07, 6.45) is 3.35. The first-order valence-electron chi connectivity index (χ1n) is 9.01. The van der Waals surface area contributed by atoms with Gasteiger partial charge in [0.05, 0.1) is 34.5 Å². The third kappa shape index (κ3) is 3.90. The van der Waals surface area contributed by atoms with Gasteiger partial charge in [0.2, 0.25) is 0 Å². The third-order valence-corrected chi connectivity index (χ3v) is 5.81. The molecule has 0 unspecified atom stereocenters. The van der Waals surface area contributed by atoms with Gasteiger partial charge < -0.3 is 4.74 Å². The summed E-state index contributed by atoms with van der Waals surface area (Å²) >= 11 is 7.64. The van der Waals surface area contributed by atoms with Gasteiger partial charge in [-0.15, -0.1) is 0 Å². The number of aromatic nitrogens is 2. The van der Waals surface area contributed by atoms with Crippen LogP contribution in [0, 0.1) is 0 Å². The molecule has 0 atom stereocenters. The Kier molecular flexibility index (Phi) is 5.74. The number of hydrogen-bond donors (Lipinski definition) is 0. The summed E-state index contributed by atoms with van der Waals surface area (Å²) in [5, 5.41) is 0.991. The van der Waals surface area contributed by atoms with E-state index in [0.29, 0.717) is 15.7 Å². The van der Waals surface area contributed by atoms with E-state index in [1.54, 1.807) is 48.8 Å². The van der Waals surface area contributed by atoms with Crippen LogP contribution in [0.1, 0.15) is 26.3 Å². The van der Waals surface area contributed by atoms with Crippen LogP contribution in [0.15, 0.2) is 67.0 Å². The number of amides is 1. The molecule has 0 aliphatic carbocycles. The first-order chi connectivity index (χ1) is 14.6. The lowest BCUT2D eigenvalue weighted by atomic mass is 10.1. The van der Waals surface area contributed by atoms with Crippen LogP contribution < -0.4 is 4.90 Å². The molecule has 0 aliphatic rings. The van der Waals surface area contributed by atoms with Crippen molar-refractivity contribution in [1.29, 1.82) is 0 Å². The number of ether oxygens (including phenoxy) is 1. The monoisotopic (exact) mass is 437 g/mol. The second-order valence-electron chi connectivity index (χ2n) is 6.37. The van der Waals surface area contributed by atoms with Crippen LogP contribution >= 0.6 is 22.9 Å². The number of thiazole rings is 1. The zero-order valence-electron chi connectivity index (χ0n) is 15.9. The van der Waals surface area contributed by atoms with Crippen molar-refractivity contribution >= 4 is 50.2 Å².